The first kappa shape index (κ1) is 8.26. The average Bonchev–Trinajstić information content (AvgIpc) is 2.47. The Hall–Kier alpha value is -1.35. The molecule has 0 radical (unpaired) electrons. The lowest BCUT2D eigenvalue weighted by atomic mass is 10.3. The van der Waals surface area contributed by atoms with Crippen molar-refractivity contribution in [3.8, 4) is 0 Å². The normalized spacial score (nSPS) is 10.9. The number of rotatable bonds is 2. The molecule has 1 N–H and O–H groups in total. The molecule has 13 heavy (non-hydrogen) atoms. The molecule has 0 atom stereocenters. The minimum absolute atomic E-state index is 0.868. The van der Waals surface area contributed by atoms with E-state index < -0.39 is 0 Å². The Labute approximate surface area is 77.4 Å². The van der Waals surface area contributed by atoms with Crippen LogP contribution in [-0.4, -0.2) is 16.4 Å². The van der Waals surface area contributed by atoms with Crippen molar-refractivity contribution < 1.29 is 0 Å². The molecule has 0 aromatic carbocycles. The first-order chi connectivity index (χ1) is 6.31. The van der Waals surface area contributed by atoms with Crippen molar-refractivity contribution >= 4 is 5.65 Å². The number of nitrogens with zero attached hydrogens (tertiary/aromatic N) is 2. The highest BCUT2D eigenvalue weighted by molar-refractivity contribution is 5.41. The molecule has 2 rings (SSSR count). The van der Waals surface area contributed by atoms with Gasteiger partial charge in [-0.3, -0.25) is 0 Å². The molecular formula is C10H13N3. The standard InChI is InChI=1S/C10H13N3/c1-8-7-13-9(6-11-2)4-3-5-10(13)12-8/h3-5,7,11H,6H2,1-2H3. The minimum Gasteiger partial charge on any atom is -0.314 e. The largest absolute Gasteiger partial charge is 0.314 e. The van der Waals surface area contributed by atoms with Gasteiger partial charge < -0.3 is 9.72 Å². The van der Waals surface area contributed by atoms with Crippen LogP contribution in [0, 0.1) is 6.92 Å². The predicted octanol–water partition coefficient (Wildman–Crippen LogP) is 1.36. The summed E-state index contributed by atoms with van der Waals surface area (Å²) in [4.78, 5) is 4.39. The van der Waals surface area contributed by atoms with Crippen LogP contribution in [-0.2, 0) is 6.54 Å². The smallest absolute Gasteiger partial charge is 0.137 e. The number of pyridine rings is 1. The molecule has 0 amide bonds. The van der Waals surface area contributed by atoms with E-state index in [1.807, 2.05) is 26.1 Å². The van der Waals surface area contributed by atoms with Crippen LogP contribution in [0.15, 0.2) is 24.4 Å². The van der Waals surface area contributed by atoms with Crippen LogP contribution in [0.3, 0.4) is 0 Å². The fraction of sp³-hybridized carbons (Fsp3) is 0.300. The molecule has 0 unspecified atom stereocenters. The lowest BCUT2D eigenvalue weighted by molar-refractivity contribution is 0.777. The van der Waals surface area contributed by atoms with E-state index in [1.54, 1.807) is 0 Å². The van der Waals surface area contributed by atoms with Gasteiger partial charge in [-0.15, -0.1) is 0 Å². The van der Waals surface area contributed by atoms with Gasteiger partial charge in [0.25, 0.3) is 0 Å². The maximum atomic E-state index is 4.39. The Balaban J connectivity index is 2.60. The van der Waals surface area contributed by atoms with E-state index in [-0.39, 0.29) is 0 Å². The van der Waals surface area contributed by atoms with Gasteiger partial charge in [0.05, 0.1) is 5.69 Å². The molecule has 0 fully saturated rings. The van der Waals surface area contributed by atoms with E-state index in [1.165, 1.54) is 5.69 Å². The third-order valence-electron chi connectivity index (χ3n) is 2.05. The maximum absolute atomic E-state index is 4.39. The molecule has 0 saturated heterocycles. The Morgan fingerprint density at radius 3 is 3.08 bits per heavy atom. The summed E-state index contributed by atoms with van der Waals surface area (Å²) in [5, 5.41) is 3.14. The van der Waals surface area contributed by atoms with Crippen LogP contribution < -0.4 is 5.32 Å². The van der Waals surface area contributed by atoms with E-state index in [2.05, 4.69) is 27.0 Å². The van der Waals surface area contributed by atoms with Gasteiger partial charge in [-0.1, -0.05) is 6.07 Å². The Morgan fingerprint density at radius 1 is 1.46 bits per heavy atom. The van der Waals surface area contributed by atoms with Gasteiger partial charge >= 0.3 is 0 Å². The molecule has 0 spiro atoms. The molecule has 2 heterocycles. The molecule has 2 aromatic heterocycles. The summed E-state index contributed by atoms with van der Waals surface area (Å²) in [7, 11) is 1.95. The zero-order chi connectivity index (χ0) is 9.26. The quantitative estimate of drug-likeness (QED) is 0.746. The zero-order valence-corrected chi connectivity index (χ0v) is 7.91. The van der Waals surface area contributed by atoms with Crippen molar-refractivity contribution in [2.45, 2.75) is 13.5 Å². The van der Waals surface area contributed by atoms with E-state index in [9.17, 15) is 0 Å². The molecular weight excluding hydrogens is 162 g/mol. The third-order valence-corrected chi connectivity index (χ3v) is 2.05. The van der Waals surface area contributed by atoms with Crippen molar-refractivity contribution in [1.29, 1.82) is 0 Å². The van der Waals surface area contributed by atoms with Crippen molar-refractivity contribution in [2.24, 2.45) is 0 Å². The van der Waals surface area contributed by atoms with Crippen LogP contribution >= 0.6 is 0 Å². The average molecular weight is 175 g/mol. The Kier molecular flexibility index (Phi) is 2.02. The highest BCUT2D eigenvalue weighted by Gasteiger charge is 2.00. The number of fused-ring (bicyclic) bond motifs is 1. The zero-order valence-electron chi connectivity index (χ0n) is 7.91. The van der Waals surface area contributed by atoms with Crippen LogP contribution in [0.25, 0.3) is 5.65 Å². The van der Waals surface area contributed by atoms with Gasteiger partial charge in [-0.25, -0.2) is 4.98 Å². The van der Waals surface area contributed by atoms with Gasteiger partial charge in [0.15, 0.2) is 0 Å². The molecule has 0 aliphatic carbocycles. The monoisotopic (exact) mass is 175 g/mol. The lowest BCUT2D eigenvalue weighted by Gasteiger charge is -2.03. The molecule has 3 heteroatoms. The lowest BCUT2D eigenvalue weighted by Crippen LogP contribution is -2.08. The molecule has 0 saturated carbocycles. The number of hydrogen-bond acceptors (Lipinski definition) is 2. The second-order valence-electron chi connectivity index (χ2n) is 3.16. The predicted molar refractivity (Wildman–Crippen MR) is 52.7 cm³/mol. The maximum Gasteiger partial charge on any atom is 0.137 e. The summed E-state index contributed by atoms with van der Waals surface area (Å²) in [5.74, 6) is 0. The summed E-state index contributed by atoms with van der Waals surface area (Å²) < 4.78 is 2.12. The van der Waals surface area contributed by atoms with Crippen LogP contribution in [0.4, 0.5) is 0 Å². The second-order valence-corrected chi connectivity index (χ2v) is 3.16. The number of nitrogens with one attached hydrogen (secondary N) is 1. The Bertz CT molecular complexity index is 417. The molecule has 2 aromatic rings. The van der Waals surface area contributed by atoms with E-state index in [0.29, 0.717) is 0 Å². The summed E-state index contributed by atoms with van der Waals surface area (Å²) in [5.41, 5.74) is 3.31. The van der Waals surface area contributed by atoms with E-state index in [4.69, 9.17) is 0 Å². The second kappa shape index (κ2) is 3.18. The fourth-order valence-corrected chi connectivity index (χ4v) is 1.51. The number of imidazole rings is 1. The third kappa shape index (κ3) is 1.42. The van der Waals surface area contributed by atoms with Crippen LogP contribution in [0.2, 0.25) is 0 Å². The number of hydrogen-bond donors (Lipinski definition) is 1. The molecule has 3 nitrogen and oxygen atoms in total. The first-order valence-corrected chi connectivity index (χ1v) is 4.39. The number of aromatic nitrogens is 2. The van der Waals surface area contributed by atoms with E-state index >= 15 is 0 Å². The highest BCUT2D eigenvalue weighted by Crippen LogP contribution is 2.07. The fourth-order valence-electron chi connectivity index (χ4n) is 1.51. The minimum atomic E-state index is 0.868. The summed E-state index contributed by atoms with van der Waals surface area (Å²) in [6, 6.07) is 6.16. The van der Waals surface area contributed by atoms with Gasteiger partial charge in [0.2, 0.25) is 0 Å². The topological polar surface area (TPSA) is 29.3 Å². The van der Waals surface area contributed by atoms with Gasteiger partial charge in [-0.05, 0) is 26.1 Å². The van der Waals surface area contributed by atoms with Crippen LogP contribution in [0.5, 0.6) is 0 Å². The van der Waals surface area contributed by atoms with Gasteiger partial charge in [0.1, 0.15) is 5.65 Å². The summed E-state index contributed by atoms with van der Waals surface area (Å²) >= 11 is 0. The van der Waals surface area contributed by atoms with E-state index in [0.717, 1.165) is 17.9 Å². The highest BCUT2D eigenvalue weighted by atomic mass is 15.0. The molecule has 0 aliphatic rings. The molecule has 68 valence electrons. The van der Waals surface area contributed by atoms with Crippen molar-refractivity contribution in [3.63, 3.8) is 0 Å². The summed E-state index contributed by atoms with van der Waals surface area (Å²) in [6.45, 7) is 2.88. The van der Waals surface area contributed by atoms with Gasteiger partial charge in [0, 0.05) is 18.4 Å². The Morgan fingerprint density at radius 2 is 2.31 bits per heavy atom. The van der Waals surface area contributed by atoms with Crippen LogP contribution in [0.1, 0.15) is 11.4 Å². The summed E-state index contributed by atoms with van der Waals surface area (Å²) in [6.07, 6.45) is 2.06. The molecule has 0 aliphatic heterocycles. The molecule has 0 bridgehead atoms. The SMILES string of the molecule is CNCc1cccc2nc(C)cn12. The first-order valence-electron chi connectivity index (χ1n) is 4.39. The number of aryl methyl sites for hydroxylation is 1. The van der Waals surface area contributed by atoms with Crippen molar-refractivity contribution in [3.05, 3.63) is 35.8 Å². The van der Waals surface area contributed by atoms with Gasteiger partial charge in [-0.2, -0.15) is 0 Å². The van der Waals surface area contributed by atoms with Crippen molar-refractivity contribution in [2.75, 3.05) is 7.05 Å². The van der Waals surface area contributed by atoms with Crippen molar-refractivity contribution in [1.82, 2.24) is 14.7 Å².